The van der Waals surface area contributed by atoms with Crippen LogP contribution in [-0.2, 0) is 11.3 Å². The molecular weight excluding hydrogens is 286 g/mol. The van der Waals surface area contributed by atoms with E-state index in [0.717, 1.165) is 18.0 Å². The van der Waals surface area contributed by atoms with Crippen LogP contribution in [0.1, 0.15) is 5.56 Å². The topological polar surface area (TPSA) is 99.1 Å². The number of nitrogens with zero attached hydrogens (tertiary/aromatic N) is 2. The Morgan fingerprint density at radius 2 is 1.90 bits per heavy atom. The fourth-order valence-electron chi connectivity index (χ4n) is 1.75. The molecule has 0 bridgehead atoms. The highest BCUT2D eigenvalue weighted by molar-refractivity contribution is 7.99. The first-order valence-electron chi connectivity index (χ1n) is 6.54. The van der Waals surface area contributed by atoms with E-state index in [1.165, 1.54) is 17.3 Å². The Morgan fingerprint density at radius 1 is 1.19 bits per heavy atom. The number of ether oxygens (including phenoxy) is 1. The highest BCUT2D eigenvalue weighted by atomic mass is 32.2. The van der Waals surface area contributed by atoms with Crippen molar-refractivity contribution in [1.29, 1.82) is 0 Å². The van der Waals surface area contributed by atoms with E-state index in [1.807, 2.05) is 18.2 Å². The normalized spacial score (nSPS) is 10.7. The third-order valence-corrected chi connectivity index (χ3v) is 3.70. The van der Waals surface area contributed by atoms with Crippen LogP contribution in [0.4, 0.5) is 11.6 Å². The summed E-state index contributed by atoms with van der Waals surface area (Å²) in [7, 11) is 1.69. The average molecular weight is 305 g/mol. The van der Waals surface area contributed by atoms with Crippen LogP contribution in [0.5, 0.6) is 0 Å². The minimum absolute atomic E-state index is 0.376. The molecule has 21 heavy (non-hydrogen) atoms. The van der Waals surface area contributed by atoms with Crippen LogP contribution in [0, 0.1) is 0 Å². The van der Waals surface area contributed by atoms with Crippen molar-refractivity contribution in [3.05, 3.63) is 35.9 Å². The van der Waals surface area contributed by atoms with Gasteiger partial charge < -0.3 is 21.5 Å². The molecule has 0 atom stereocenters. The van der Waals surface area contributed by atoms with Crippen molar-refractivity contribution in [1.82, 2.24) is 15.3 Å². The zero-order chi connectivity index (χ0) is 15.1. The number of anilines is 2. The van der Waals surface area contributed by atoms with Crippen molar-refractivity contribution >= 4 is 23.4 Å². The Bertz CT molecular complexity index is 573. The molecule has 0 fully saturated rings. The van der Waals surface area contributed by atoms with Gasteiger partial charge in [0.05, 0.1) is 6.61 Å². The molecular formula is C14H19N5OS. The van der Waals surface area contributed by atoms with Crippen molar-refractivity contribution in [2.75, 3.05) is 31.7 Å². The number of aromatic nitrogens is 2. The predicted molar refractivity (Wildman–Crippen MR) is 85.0 cm³/mol. The zero-order valence-electron chi connectivity index (χ0n) is 11.9. The number of hydrogen-bond donors (Lipinski definition) is 3. The van der Waals surface area contributed by atoms with E-state index in [9.17, 15) is 0 Å². The van der Waals surface area contributed by atoms with Crippen LogP contribution in [-0.4, -0.2) is 30.2 Å². The predicted octanol–water partition coefficient (Wildman–Crippen LogP) is 1.53. The van der Waals surface area contributed by atoms with E-state index in [1.54, 1.807) is 13.2 Å². The number of nitrogens with one attached hydrogen (secondary N) is 1. The lowest BCUT2D eigenvalue weighted by molar-refractivity contribution is 0.199. The molecule has 5 N–H and O–H groups in total. The highest BCUT2D eigenvalue weighted by Gasteiger charge is 2.07. The summed E-state index contributed by atoms with van der Waals surface area (Å²) in [5.41, 5.74) is 12.6. The van der Waals surface area contributed by atoms with Gasteiger partial charge in [0, 0.05) is 31.2 Å². The second-order valence-corrected chi connectivity index (χ2v) is 5.39. The van der Waals surface area contributed by atoms with Crippen molar-refractivity contribution in [2.45, 2.75) is 16.6 Å². The maximum atomic E-state index is 5.69. The first-order valence-corrected chi connectivity index (χ1v) is 7.36. The third kappa shape index (κ3) is 4.89. The summed E-state index contributed by atoms with van der Waals surface area (Å²) in [6, 6.07) is 9.63. The monoisotopic (exact) mass is 305 g/mol. The molecule has 0 amide bonds. The average Bonchev–Trinajstić information content (AvgIpc) is 2.44. The molecule has 0 saturated heterocycles. The summed E-state index contributed by atoms with van der Waals surface area (Å²) < 4.78 is 5.02. The van der Waals surface area contributed by atoms with Gasteiger partial charge in [0.2, 0.25) is 0 Å². The minimum Gasteiger partial charge on any atom is -0.383 e. The Labute approximate surface area is 128 Å². The van der Waals surface area contributed by atoms with Crippen LogP contribution in [0.25, 0.3) is 0 Å². The fourth-order valence-corrected chi connectivity index (χ4v) is 2.67. The lowest BCUT2D eigenvalue weighted by Crippen LogP contribution is -2.18. The number of nitrogen functional groups attached to an aromatic ring is 2. The van der Waals surface area contributed by atoms with E-state index >= 15 is 0 Å². The lowest BCUT2D eigenvalue weighted by Gasteiger charge is -2.10. The first kappa shape index (κ1) is 15.6. The van der Waals surface area contributed by atoms with E-state index in [4.69, 9.17) is 16.2 Å². The van der Waals surface area contributed by atoms with E-state index < -0.39 is 0 Å². The fraction of sp³-hybridized carbons (Fsp3) is 0.286. The summed E-state index contributed by atoms with van der Waals surface area (Å²) in [6.07, 6.45) is 0. The summed E-state index contributed by atoms with van der Waals surface area (Å²) in [5, 5.41) is 3.88. The maximum absolute atomic E-state index is 5.69. The van der Waals surface area contributed by atoms with Gasteiger partial charge in [-0.25, -0.2) is 9.97 Å². The number of hydrogen-bond acceptors (Lipinski definition) is 7. The van der Waals surface area contributed by atoms with Crippen molar-refractivity contribution in [2.24, 2.45) is 0 Å². The number of nitrogens with two attached hydrogens (primary N) is 2. The SMILES string of the molecule is COCCNCc1ccccc1Sc1nc(N)cc(N)n1. The molecule has 7 heteroatoms. The van der Waals surface area contributed by atoms with Gasteiger partial charge in [-0.05, 0) is 23.4 Å². The van der Waals surface area contributed by atoms with Crippen LogP contribution in [0.2, 0.25) is 0 Å². The molecule has 0 aliphatic carbocycles. The smallest absolute Gasteiger partial charge is 0.196 e. The van der Waals surface area contributed by atoms with Crippen LogP contribution in [0.15, 0.2) is 40.4 Å². The van der Waals surface area contributed by atoms with Crippen molar-refractivity contribution in [3.63, 3.8) is 0 Å². The van der Waals surface area contributed by atoms with E-state index in [-0.39, 0.29) is 0 Å². The number of benzene rings is 1. The van der Waals surface area contributed by atoms with Crippen LogP contribution in [0.3, 0.4) is 0 Å². The second kappa shape index (κ2) is 7.82. The standard InChI is InChI=1S/C14H19N5OS/c1-20-7-6-17-9-10-4-2-3-5-11(10)21-14-18-12(15)8-13(16)19-14/h2-5,8,17H,6-7,9H2,1H3,(H4,15,16,18,19). The van der Waals surface area contributed by atoms with Gasteiger partial charge in [-0.15, -0.1) is 0 Å². The van der Waals surface area contributed by atoms with Gasteiger partial charge in [-0.1, -0.05) is 18.2 Å². The molecule has 6 nitrogen and oxygen atoms in total. The molecule has 0 radical (unpaired) electrons. The van der Waals surface area contributed by atoms with E-state index in [0.29, 0.717) is 23.4 Å². The minimum atomic E-state index is 0.376. The number of methoxy groups -OCH3 is 1. The quantitative estimate of drug-likeness (QED) is 0.527. The van der Waals surface area contributed by atoms with Gasteiger partial charge in [0.25, 0.3) is 0 Å². The summed E-state index contributed by atoms with van der Waals surface area (Å²) in [6.45, 7) is 2.24. The molecule has 0 unspecified atom stereocenters. The molecule has 112 valence electrons. The van der Waals surface area contributed by atoms with Gasteiger partial charge in [-0.2, -0.15) is 0 Å². The van der Waals surface area contributed by atoms with E-state index in [2.05, 4.69) is 21.4 Å². The Kier molecular flexibility index (Phi) is 5.79. The molecule has 1 heterocycles. The van der Waals surface area contributed by atoms with Gasteiger partial charge >= 0.3 is 0 Å². The zero-order valence-corrected chi connectivity index (χ0v) is 12.7. The first-order chi connectivity index (χ1) is 10.2. The summed E-state index contributed by atoms with van der Waals surface area (Å²) in [4.78, 5) is 9.46. The molecule has 1 aromatic carbocycles. The number of rotatable bonds is 7. The van der Waals surface area contributed by atoms with Crippen LogP contribution < -0.4 is 16.8 Å². The van der Waals surface area contributed by atoms with Gasteiger partial charge in [0.15, 0.2) is 5.16 Å². The molecule has 0 spiro atoms. The Hall–Kier alpha value is -1.83. The summed E-state index contributed by atoms with van der Waals surface area (Å²) >= 11 is 1.45. The maximum Gasteiger partial charge on any atom is 0.196 e. The highest BCUT2D eigenvalue weighted by Crippen LogP contribution is 2.28. The lowest BCUT2D eigenvalue weighted by atomic mass is 10.2. The summed E-state index contributed by atoms with van der Waals surface area (Å²) in [5.74, 6) is 0.751. The molecule has 2 rings (SSSR count). The molecule has 2 aromatic rings. The van der Waals surface area contributed by atoms with Gasteiger partial charge in [-0.3, -0.25) is 0 Å². The molecule has 0 aliphatic rings. The molecule has 0 saturated carbocycles. The Morgan fingerprint density at radius 3 is 2.62 bits per heavy atom. The Balaban J connectivity index is 2.08. The third-order valence-electron chi connectivity index (χ3n) is 2.72. The molecule has 0 aliphatic heterocycles. The second-order valence-electron chi connectivity index (χ2n) is 4.38. The van der Waals surface area contributed by atoms with Crippen molar-refractivity contribution in [3.8, 4) is 0 Å². The van der Waals surface area contributed by atoms with Crippen molar-refractivity contribution < 1.29 is 4.74 Å². The molecule has 1 aromatic heterocycles. The largest absolute Gasteiger partial charge is 0.383 e. The van der Waals surface area contributed by atoms with Crippen LogP contribution >= 0.6 is 11.8 Å². The van der Waals surface area contributed by atoms with Gasteiger partial charge in [0.1, 0.15) is 11.6 Å².